The zero-order chi connectivity index (χ0) is 13.8. The van der Waals surface area contributed by atoms with E-state index in [1.165, 1.54) is 12.1 Å². The molecule has 0 spiro atoms. The first kappa shape index (κ1) is 13.6. The molecule has 0 radical (unpaired) electrons. The van der Waals surface area contributed by atoms with Gasteiger partial charge in [0, 0.05) is 0 Å². The molecule has 4 N–H and O–H groups in total. The molecule has 2 aromatic rings. The van der Waals surface area contributed by atoms with Crippen LogP contribution in [0.25, 0.3) is 0 Å². The molecule has 0 saturated heterocycles. The van der Waals surface area contributed by atoms with Crippen molar-refractivity contribution < 1.29 is 9.18 Å². The van der Waals surface area contributed by atoms with Crippen LogP contribution in [0.1, 0.15) is 0 Å². The van der Waals surface area contributed by atoms with Gasteiger partial charge >= 0.3 is 0 Å². The maximum absolute atomic E-state index is 12.8. The molecule has 19 heavy (non-hydrogen) atoms. The molecule has 2 rings (SSSR count). The molecule has 6 nitrogen and oxygen atoms in total. The van der Waals surface area contributed by atoms with Crippen molar-refractivity contribution in [2.24, 2.45) is 0 Å². The topological polar surface area (TPSA) is 96.7 Å². The summed E-state index contributed by atoms with van der Waals surface area (Å²) in [4.78, 5) is 15.5. The number of halogens is 2. The van der Waals surface area contributed by atoms with Crippen molar-refractivity contribution in [1.82, 2.24) is 15.2 Å². The number of benzene rings is 1. The van der Waals surface area contributed by atoms with Gasteiger partial charge in [-0.25, -0.2) is 9.49 Å². The predicted molar refractivity (Wildman–Crippen MR) is 71.6 cm³/mol. The second-order valence-corrected chi connectivity index (χ2v) is 4.81. The summed E-state index contributed by atoms with van der Waals surface area (Å²) in [6.07, 6.45) is 0. The van der Waals surface area contributed by atoms with Crippen LogP contribution < -0.4 is 11.1 Å². The lowest BCUT2D eigenvalue weighted by Gasteiger charge is -2.06. The number of carbonyl (C=O) groups is 1. The number of amides is 1. The number of carbonyl (C=O) groups excluding carboxylic acids is 1. The van der Waals surface area contributed by atoms with Crippen LogP contribution in [-0.2, 0) is 4.79 Å². The van der Waals surface area contributed by atoms with Gasteiger partial charge in [-0.1, -0.05) is 23.4 Å². The summed E-state index contributed by atoms with van der Waals surface area (Å²) in [5.74, 6) is -0.495. The fraction of sp³-hybridized carbons (Fsp3) is 0.100. The molecule has 1 amide bonds. The first-order chi connectivity index (χ1) is 9.04. The lowest BCUT2D eigenvalue weighted by Crippen LogP contribution is -2.14. The number of nitrogens with two attached hydrogens (primary N) is 1. The van der Waals surface area contributed by atoms with Gasteiger partial charge in [0.25, 0.3) is 0 Å². The molecule has 0 aliphatic rings. The normalized spacial score (nSPS) is 10.4. The Balaban J connectivity index is 1.90. The van der Waals surface area contributed by atoms with E-state index in [4.69, 9.17) is 17.3 Å². The molecule has 9 heteroatoms. The number of rotatable bonds is 4. The Morgan fingerprint density at radius 3 is 3.00 bits per heavy atom. The zero-order valence-corrected chi connectivity index (χ0v) is 11.1. The Morgan fingerprint density at radius 2 is 2.37 bits per heavy atom. The average molecular weight is 302 g/mol. The average Bonchev–Trinajstić information content (AvgIpc) is 2.76. The summed E-state index contributed by atoms with van der Waals surface area (Å²) in [7, 11) is 0. The third kappa shape index (κ3) is 3.83. The largest absolute Gasteiger partial charge is 0.368 e. The summed E-state index contributed by atoms with van der Waals surface area (Å²) in [6, 6.07) is 3.73. The second kappa shape index (κ2) is 5.89. The highest BCUT2D eigenvalue weighted by molar-refractivity contribution is 7.99. The van der Waals surface area contributed by atoms with Crippen LogP contribution in [0.5, 0.6) is 0 Å². The summed E-state index contributed by atoms with van der Waals surface area (Å²) in [6.45, 7) is 0. The van der Waals surface area contributed by atoms with Gasteiger partial charge in [-0.15, -0.1) is 5.10 Å². The smallest absolute Gasteiger partial charge is 0.234 e. The van der Waals surface area contributed by atoms with Crippen LogP contribution in [0.15, 0.2) is 23.4 Å². The molecule has 0 saturated carbocycles. The summed E-state index contributed by atoms with van der Waals surface area (Å²) >= 11 is 6.90. The monoisotopic (exact) mass is 301 g/mol. The molecule has 1 aromatic heterocycles. The van der Waals surface area contributed by atoms with E-state index in [1.807, 2.05) is 0 Å². The van der Waals surface area contributed by atoms with E-state index in [1.54, 1.807) is 0 Å². The van der Waals surface area contributed by atoms with Crippen molar-refractivity contribution in [1.29, 1.82) is 0 Å². The van der Waals surface area contributed by atoms with E-state index in [0.29, 0.717) is 10.8 Å². The molecule has 0 unspecified atom stereocenters. The molecule has 0 fully saturated rings. The first-order valence-corrected chi connectivity index (χ1v) is 6.46. The highest BCUT2D eigenvalue weighted by Crippen LogP contribution is 2.23. The molecule has 0 atom stereocenters. The number of aromatic nitrogens is 3. The van der Waals surface area contributed by atoms with E-state index in [2.05, 4.69) is 20.5 Å². The number of hydrogen-bond acceptors (Lipinski definition) is 5. The third-order valence-corrected chi connectivity index (χ3v) is 3.18. The highest BCUT2D eigenvalue weighted by Gasteiger charge is 2.09. The number of nitrogens with zero attached hydrogens (tertiary/aromatic N) is 2. The van der Waals surface area contributed by atoms with Crippen molar-refractivity contribution >= 4 is 40.9 Å². The summed E-state index contributed by atoms with van der Waals surface area (Å²) < 4.78 is 12.8. The molecule has 100 valence electrons. The van der Waals surface area contributed by atoms with Gasteiger partial charge in [0.05, 0.1) is 16.5 Å². The third-order valence-electron chi connectivity index (χ3n) is 2.02. The molecule has 0 bridgehead atoms. The van der Waals surface area contributed by atoms with Crippen molar-refractivity contribution in [3.05, 3.63) is 29.0 Å². The Bertz CT molecular complexity index is 605. The SMILES string of the molecule is Nc1nc(SCC(=O)Nc2ccc(F)cc2Cl)n[nH]1. The van der Waals surface area contributed by atoms with Crippen molar-refractivity contribution in [2.75, 3.05) is 16.8 Å². The molecule has 0 aliphatic carbocycles. The molecular weight excluding hydrogens is 293 g/mol. The fourth-order valence-electron chi connectivity index (χ4n) is 1.23. The maximum Gasteiger partial charge on any atom is 0.234 e. The van der Waals surface area contributed by atoms with E-state index in [-0.39, 0.29) is 22.6 Å². The van der Waals surface area contributed by atoms with Crippen LogP contribution in [-0.4, -0.2) is 26.8 Å². The number of nitrogen functional groups attached to an aromatic ring is 1. The Morgan fingerprint density at radius 1 is 1.58 bits per heavy atom. The predicted octanol–water partition coefficient (Wildman–Crippen LogP) is 1.91. The van der Waals surface area contributed by atoms with Crippen LogP contribution in [0.3, 0.4) is 0 Å². The zero-order valence-electron chi connectivity index (χ0n) is 9.48. The lowest BCUT2D eigenvalue weighted by atomic mass is 10.3. The molecule has 1 heterocycles. The van der Waals surface area contributed by atoms with Gasteiger partial charge in [-0.05, 0) is 18.2 Å². The minimum Gasteiger partial charge on any atom is -0.368 e. The van der Waals surface area contributed by atoms with Gasteiger partial charge < -0.3 is 11.1 Å². The maximum atomic E-state index is 12.8. The highest BCUT2D eigenvalue weighted by atomic mass is 35.5. The van der Waals surface area contributed by atoms with E-state index >= 15 is 0 Å². The Kier molecular flexibility index (Phi) is 4.23. The first-order valence-electron chi connectivity index (χ1n) is 5.10. The number of anilines is 2. The number of nitrogens with one attached hydrogen (secondary N) is 2. The van der Waals surface area contributed by atoms with E-state index in [0.717, 1.165) is 17.8 Å². The lowest BCUT2D eigenvalue weighted by molar-refractivity contribution is -0.113. The van der Waals surface area contributed by atoms with Crippen molar-refractivity contribution in [3.8, 4) is 0 Å². The van der Waals surface area contributed by atoms with E-state index < -0.39 is 5.82 Å². The molecule has 0 aliphatic heterocycles. The number of thioether (sulfide) groups is 1. The second-order valence-electron chi connectivity index (χ2n) is 3.46. The quantitative estimate of drug-likeness (QED) is 0.750. The number of hydrogen-bond donors (Lipinski definition) is 3. The van der Waals surface area contributed by atoms with Gasteiger partial charge in [-0.2, -0.15) is 4.98 Å². The van der Waals surface area contributed by atoms with Crippen molar-refractivity contribution in [2.45, 2.75) is 5.16 Å². The van der Waals surface area contributed by atoms with Gasteiger partial charge in [0.2, 0.25) is 17.0 Å². The minimum atomic E-state index is -0.464. The van der Waals surface area contributed by atoms with E-state index in [9.17, 15) is 9.18 Å². The van der Waals surface area contributed by atoms with Gasteiger partial charge in [-0.3, -0.25) is 4.79 Å². The Labute approximate surface area is 116 Å². The standard InChI is InChI=1S/C10H9ClFN5OS/c11-6-3-5(12)1-2-7(6)14-8(18)4-19-10-15-9(13)16-17-10/h1-3H,4H2,(H,14,18)(H3,13,15,16,17). The molecular formula is C10H9ClFN5OS. The van der Waals surface area contributed by atoms with Gasteiger partial charge in [0.15, 0.2) is 0 Å². The van der Waals surface area contributed by atoms with Crippen LogP contribution >= 0.6 is 23.4 Å². The number of aromatic amines is 1. The summed E-state index contributed by atoms with van der Waals surface area (Å²) in [5, 5.41) is 9.30. The Hall–Kier alpha value is -1.80. The van der Waals surface area contributed by atoms with Crippen LogP contribution in [0.2, 0.25) is 5.02 Å². The number of H-pyrrole nitrogens is 1. The fourth-order valence-corrected chi connectivity index (χ4v) is 2.05. The van der Waals surface area contributed by atoms with Crippen molar-refractivity contribution in [3.63, 3.8) is 0 Å². The van der Waals surface area contributed by atoms with Crippen LogP contribution in [0.4, 0.5) is 16.0 Å². The van der Waals surface area contributed by atoms with Gasteiger partial charge in [0.1, 0.15) is 5.82 Å². The molecule has 1 aromatic carbocycles. The minimum absolute atomic E-state index is 0.0883. The van der Waals surface area contributed by atoms with Crippen LogP contribution in [0, 0.1) is 5.82 Å². The summed E-state index contributed by atoms with van der Waals surface area (Å²) in [5.41, 5.74) is 5.70.